The molecule has 2 atom stereocenters. The molecule has 8 heteroatoms. The van der Waals surface area contributed by atoms with Crippen molar-refractivity contribution in [2.45, 2.75) is 46.5 Å². The Morgan fingerprint density at radius 3 is 2.38 bits per heavy atom. The van der Waals surface area contributed by atoms with E-state index in [0.29, 0.717) is 22.4 Å². The molecule has 2 bridgehead atoms. The van der Waals surface area contributed by atoms with E-state index in [4.69, 9.17) is 5.14 Å². The molecule has 3 saturated heterocycles. The van der Waals surface area contributed by atoms with E-state index < -0.39 is 10.0 Å². The highest BCUT2D eigenvalue weighted by Gasteiger charge is 2.40. The van der Waals surface area contributed by atoms with Gasteiger partial charge >= 0.3 is 0 Å². The van der Waals surface area contributed by atoms with Crippen LogP contribution in [0.1, 0.15) is 30.1 Å². The van der Waals surface area contributed by atoms with E-state index in [-0.39, 0.29) is 16.8 Å². The SMILES string of the molecule is C[C@@H]1[C@H](NC(=O)c2ccc(Sc3ccccc3S(N)(=O)=O)cc2)C2CCN1CC2. The Morgan fingerprint density at radius 2 is 1.76 bits per heavy atom. The lowest BCUT2D eigenvalue weighted by atomic mass is 9.79. The Labute approximate surface area is 175 Å². The number of benzene rings is 2. The molecule has 5 rings (SSSR count). The predicted octanol–water partition coefficient (Wildman–Crippen LogP) is 2.70. The Kier molecular flexibility index (Phi) is 5.70. The van der Waals surface area contributed by atoms with Crippen LogP contribution >= 0.6 is 11.8 Å². The van der Waals surface area contributed by atoms with Gasteiger partial charge in [0.15, 0.2) is 0 Å². The van der Waals surface area contributed by atoms with Crippen molar-refractivity contribution in [2.24, 2.45) is 11.1 Å². The fourth-order valence-electron chi connectivity index (χ4n) is 4.35. The Morgan fingerprint density at radius 1 is 1.10 bits per heavy atom. The topological polar surface area (TPSA) is 92.5 Å². The summed E-state index contributed by atoms with van der Waals surface area (Å²) in [6.07, 6.45) is 2.29. The average Bonchev–Trinajstić information content (AvgIpc) is 2.71. The van der Waals surface area contributed by atoms with Crippen molar-refractivity contribution in [2.75, 3.05) is 13.1 Å². The molecule has 3 aliphatic heterocycles. The molecule has 6 nitrogen and oxygen atoms in total. The third-order valence-electron chi connectivity index (χ3n) is 5.98. The van der Waals surface area contributed by atoms with Crippen LogP contribution in [0.15, 0.2) is 63.2 Å². The first kappa shape index (κ1) is 20.4. The van der Waals surface area contributed by atoms with Crippen LogP contribution in [0, 0.1) is 5.92 Å². The number of nitrogens with two attached hydrogens (primary N) is 1. The molecular formula is C21H25N3O3S2. The standard InChI is InChI=1S/C21H25N3O3S2/c1-14-20(15-10-12-24(14)13-11-15)23-21(25)16-6-8-17(9-7-16)28-18-4-2-3-5-19(18)29(22,26)27/h2-9,14-15,20H,10-13H2,1H3,(H,23,25)(H2,22,26,27)/t14-,20+/m1/s1. The van der Waals surface area contributed by atoms with Crippen molar-refractivity contribution < 1.29 is 13.2 Å². The maximum atomic E-state index is 12.8. The first-order valence-electron chi connectivity index (χ1n) is 9.77. The maximum Gasteiger partial charge on any atom is 0.251 e. The summed E-state index contributed by atoms with van der Waals surface area (Å²) in [5.74, 6) is 0.501. The Hall–Kier alpha value is -1.87. The largest absolute Gasteiger partial charge is 0.347 e. The molecule has 0 aliphatic carbocycles. The van der Waals surface area contributed by atoms with E-state index in [1.807, 2.05) is 12.1 Å². The lowest BCUT2D eigenvalue weighted by Gasteiger charge is -2.49. The molecule has 154 valence electrons. The van der Waals surface area contributed by atoms with E-state index in [9.17, 15) is 13.2 Å². The van der Waals surface area contributed by atoms with Gasteiger partial charge in [-0.3, -0.25) is 9.69 Å². The summed E-state index contributed by atoms with van der Waals surface area (Å²) in [5, 5.41) is 8.53. The summed E-state index contributed by atoms with van der Waals surface area (Å²) >= 11 is 1.31. The number of piperidine rings is 3. The van der Waals surface area contributed by atoms with Gasteiger partial charge in [0.1, 0.15) is 0 Å². The molecule has 3 N–H and O–H groups in total. The molecule has 1 amide bonds. The second kappa shape index (κ2) is 8.10. The maximum absolute atomic E-state index is 12.8. The number of carbonyl (C=O) groups excluding carboxylic acids is 1. The van der Waals surface area contributed by atoms with Crippen LogP contribution in [0.2, 0.25) is 0 Å². The molecule has 2 aromatic rings. The quantitative estimate of drug-likeness (QED) is 0.759. The second-order valence-corrected chi connectivity index (χ2v) is 10.4. The van der Waals surface area contributed by atoms with Crippen LogP contribution in [0.3, 0.4) is 0 Å². The van der Waals surface area contributed by atoms with Crippen LogP contribution < -0.4 is 10.5 Å². The minimum atomic E-state index is -3.79. The average molecular weight is 432 g/mol. The van der Waals surface area contributed by atoms with Crippen molar-refractivity contribution in [1.82, 2.24) is 10.2 Å². The molecular weight excluding hydrogens is 406 g/mol. The lowest BCUT2D eigenvalue weighted by molar-refractivity contribution is 0.0217. The molecule has 0 aromatic heterocycles. The zero-order valence-corrected chi connectivity index (χ0v) is 17.9. The number of hydrogen-bond donors (Lipinski definition) is 2. The Balaban J connectivity index is 1.45. The number of nitrogens with one attached hydrogen (secondary N) is 1. The van der Waals surface area contributed by atoms with Crippen molar-refractivity contribution in [3.8, 4) is 0 Å². The van der Waals surface area contributed by atoms with Gasteiger partial charge in [-0.05, 0) is 75.2 Å². The molecule has 0 unspecified atom stereocenters. The minimum absolute atomic E-state index is 0.0583. The van der Waals surface area contributed by atoms with Gasteiger partial charge in [-0.15, -0.1) is 0 Å². The molecule has 2 aromatic carbocycles. The summed E-state index contributed by atoms with van der Waals surface area (Å²) in [5.41, 5.74) is 0.609. The lowest BCUT2D eigenvalue weighted by Crippen LogP contribution is -2.62. The number of amides is 1. The van der Waals surface area contributed by atoms with E-state index in [0.717, 1.165) is 30.8 Å². The number of hydrogen-bond acceptors (Lipinski definition) is 5. The van der Waals surface area contributed by atoms with Gasteiger partial charge in [-0.2, -0.15) is 0 Å². The van der Waals surface area contributed by atoms with Crippen molar-refractivity contribution in [3.05, 3.63) is 54.1 Å². The van der Waals surface area contributed by atoms with Gasteiger partial charge in [0.2, 0.25) is 10.0 Å². The summed E-state index contributed by atoms with van der Waals surface area (Å²) in [4.78, 5) is 16.7. The molecule has 0 radical (unpaired) electrons. The molecule has 29 heavy (non-hydrogen) atoms. The third-order valence-corrected chi connectivity index (χ3v) is 8.16. The highest BCUT2D eigenvalue weighted by molar-refractivity contribution is 8.00. The summed E-state index contributed by atoms with van der Waals surface area (Å²) in [6, 6.07) is 14.4. The summed E-state index contributed by atoms with van der Waals surface area (Å²) in [7, 11) is -3.79. The number of nitrogens with zero attached hydrogens (tertiary/aromatic N) is 1. The van der Waals surface area contributed by atoms with Crippen LogP contribution in [0.25, 0.3) is 0 Å². The number of fused-ring (bicyclic) bond motifs is 3. The monoisotopic (exact) mass is 431 g/mol. The van der Waals surface area contributed by atoms with E-state index in [1.54, 1.807) is 30.3 Å². The predicted molar refractivity (Wildman–Crippen MR) is 113 cm³/mol. The van der Waals surface area contributed by atoms with Gasteiger partial charge < -0.3 is 5.32 Å². The van der Waals surface area contributed by atoms with Crippen molar-refractivity contribution >= 4 is 27.7 Å². The first-order chi connectivity index (χ1) is 13.8. The molecule has 3 heterocycles. The van der Waals surface area contributed by atoms with Crippen LogP contribution in [-0.2, 0) is 10.0 Å². The van der Waals surface area contributed by atoms with Gasteiger partial charge in [0, 0.05) is 27.4 Å². The van der Waals surface area contributed by atoms with Gasteiger partial charge in [-0.1, -0.05) is 23.9 Å². The van der Waals surface area contributed by atoms with E-state index in [2.05, 4.69) is 17.1 Å². The van der Waals surface area contributed by atoms with E-state index >= 15 is 0 Å². The molecule has 3 fully saturated rings. The first-order valence-corrected chi connectivity index (χ1v) is 12.1. The van der Waals surface area contributed by atoms with Crippen molar-refractivity contribution in [1.29, 1.82) is 0 Å². The third kappa shape index (κ3) is 4.35. The zero-order chi connectivity index (χ0) is 20.6. The molecule has 0 spiro atoms. The summed E-state index contributed by atoms with van der Waals surface area (Å²) < 4.78 is 23.5. The fourth-order valence-corrected chi connectivity index (χ4v) is 6.28. The Bertz CT molecular complexity index is 998. The van der Waals surface area contributed by atoms with Gasteiger partial charge in [-0.25, -0.2) is 13.6 Å². The van der Waals surface area contributed by atoms with Crippen LogP contribution in [0.5, 0.6) is 0 Å². The highest BCUT2D eigenvalue weighted by Crippen LogP contribution is 2.33. The normalized spacial score (nSPS) is 26.3. The number of primary sulfonamides is 1. The fraction of sp³-hybridized carbons (Fsp3) is 0.381. The number of sulfonamides is 1. The van der Waals surface area contributed by atoms with Gasteiger partial charge in [0.25, 0.3) is 5.91 Å². The summed E-state index contributed by atoms with van der Waals surface area (Å²) in [6.45, 7) is 4.45. The highest BCUT2D eigenvalue weighted by atomic mass is 32.2. The van der Waals surface area contributed by atoms with E-state index in [1.165, 1.54) is 17.8 Å². The minimum Gasteiger partial charge on any atom is -0.347 e. The van der Waals surface area contributed by atoms with Crippen molar-refractivity contribution in [3.63, 3.8) is 0 Å². The smallest absolute Gasteiger partial charge is 0.251 e. The molecule has 0 saturated carbocycles. The van der Waals surface area contributed by atoms with Gasteiger partial charge in [0.05, 0.1) is 4.90 Å². The zero-order valence-electron chi connectivity index (χ0n) is 16.2. The second-order valence-electron chi connectivity index (χ2n) is 7.73. The number of rotatable bonds is 5. The number of carbonyl (C=O) groups is 1. The molecule has 3 aliphatic rings. The van der Waals surface area contributed by atoms with Crippen LogP contribution in [-0.4, -0.2) is 44.4 Å². The van der Waals surface area contributed by atoms with Crippen LogP contribution in [0.4, 0.5) is 0 Å².